The van der Waals surface area contributed by atoms with Crippen molar-refractivity contribution in [2.45, 2.75) is 32.1 Å². The van der Waals surface area contributed by atoms with Gasteiger partial charge in [0.1, 0.15) is 11.4 Å². The third kappa shape index (κ3) is 5.01. The SMILES string of the molecule is CCOc1ccccc1-c1ccc(N2C[C@H]3CN(c4ccc(Cl)cc4C(F)(F)F)C(=O)N3C[C@H]2C)c(C=O)n1. The maximum Gasteiger partial charge on any atom is 0.418 e. The molecule has 39 heavy (non-hydrogen) atoms. The van der Waals surface area contributed by atoms with Gasteiger partial charge in [-0.3, -0.25) is 9.69 Å². The summed E-state index contributed by atoms with van der Waals surface area (Å²) in [5.41, 5.74) is 0.996. The number of carbonyl (C=O) groups excluding carboxylic acids is 2. The van der Waals surface area contributed by atoms with Crippen LogP contribution >= 0.6 is 11.6 Å². The standard InChI is InChI=1S/C28H26ClF3N4O3/c1-3-39-26-7-5-4-6-20(26)22-9-11-25(23(16-37)33-22)34-14-19-15-36(27(38)35(19)13-17(34)2)24-10-8-18(29)12-21(24)28(30,31)32/h4-12,16-17,19H,3,13-15H2,1-2H3/t17-,19+/m1/s1. The van der Waals surface area contributed by atoms with Crippen LogP contribution in [0.3, 0.4) is 0 Å². The van der Waals surface area contributed by atoms with Gasteiger partial charge in [-0.25, -0.2) is 9.78 Å². The number of anilines is 2. The summed E-state index contributed by atoms with van der Waals surface area (Å²) >= 11 is 5.84. The van der Waals surface area contributed by atoms with E-state index < -0.39 is 17.8 Å². The number of aromatic nitrogens is 1. The lowest BCUT2D eigenvalue weighted by Gasteiger charge is -2.42. The molecule has 7 nitrogen and oxygen atoms in total. The van der Waals surface area contributed by atoms with E-state index in [1.54, 1.807) is 4.90 Å². The molecule has 2 aliphatic rings. The molecule has 3 aromatic rings. The first-order valence-corrected chi connectivity index (χ1v) is 12.9. The van der Waals surface area contributed by atoms with Gasteiger partial charge in [-0.15, -0.1) is 0 Å². The van der Waals surface area contributed by atoms with Crippen molar-refractivity contribution in [3.8, 4) is 17.0 Å². The third-order valence-corrected chi connectivity index (χ3v) is 7.29. The number of urea groups is 1. The molecular weight excluding hydrogens is 533 g/mol. The predicted octanol–water partition coefficient (Wildman–Crippen LogP) is 6.15. The fourth-order valence-electron chi connectivity index (χ4n) is 5.29. The van der Waals surface area contributed by atoms with E-state index in [1.807, 2.05) is 55.1 Å². The number of aldehydes is 1. The summed E-state index contributed by atoms with van der Waals surface area (Å²) in [6.45, 7) is 4.95. The Morgan fingerprint density at radius 2 is 1.79 bits per heavy atom. The lowest BCUT2D eigenvalue weighted by Crippen LogP contribution is -2.57. The smallest absolute Gasteiger partial charge is 0.418 e. The van der Waals surface area contributed by atoms with Gasteiger partial charge in [0.15, 0.2) is 6.29 Å². The lowest BCUT2D eigenvalue weighted by atomic mass is 10.1. The first-order valence-electron chi connectivity index (χ1n) is 12.5. The van der Waals surface area contributed by atoms with Crippen LogP contribution in [-0.4, -0.2) is 60.5 Å². The van der Waals surface area contributed by atoms with Gasteiger partial charge in [-0.05, 0) is 56.3 Å². The zero-order valence-corrected chi connectivity index (χ0v) is 22.0. The number of nitrogens with zero attached hydrogens (tertiary/aromatic N) is 4. The fourth-order valence-corrected chi connectivity index (χ4v) is 5.46. The number of benzene rings is 2. The molecule has 2 saturated heterocycles. The molecule has 2 amide bonds. The van der Waals surface area contributed by atoms with Gasteiger partial charge in [0.05, 0.1) is 35.3 Å². The monoisotopic (exact) mass is 558 g/mol. The Balaban J connectivity index is 1.44. The largest absolute Gasteiger partial charge is 0.493 e. The van der Waals surface area contributed by atoms with Crippen molar-refractivity contribution in [3.63, 3.8) is 0 Å². The average molecular weight is 559 g/mol. The van der Waals surface area contributed by atoms with E-state index in [0.717, 1.165) is 16.5 Å². The van der Waals surface area contributed by atoms with Crippen molar-refractivity contribution in [2.75, 3.05) is 36.0 Å². The van der Waals surface area contributed by atoms with Crippen molar-refractivity contribution < 1.29 is 27.5 Å². The number of fused-ring (bicyclic) bond motifs is 1. The summed E-state index contributed by atoms with van der Waals surface area (Å²) in [7, 11) is 0. The van der Waals surface area contributed by atoms with Crippen LogP contribution in [0.15, 0.2) is 54.6 Å². The Hall–Kier alpha value is -3.79. The van der Waals surface area contributed by atoms with Crippen LogP contribution in [0.25, 0.3) is 11.3 Å². The van der Waals surface area contributed by atoms with Gasteiger partial charge in [-0.1, -0.05) is 23.7 Å². The molecule has 2 aliphatic heterocycles. The maximum atomic E-state index is 13.8. The molecule has 2 aromatic carbocycles. The van der Waals surface area contributed by atoms with Crippen molar-refractivity contribution in [1.29, 1.82) is 0 Å². The second-order valence-corrected chi connectivity index (χ2v) is 9.94. The van der Waals surface area contributed by atoms with Gasteiger partial charge >= 0.3 is 12.2 Å². The minimum Gasteiger partial charge on any atom is -0.493 e. The number of hydrogen-bond acceptors (Lipinski definition) is 5. The third-order valence-electron chi connectivity index (χ3n) is 7.05. The first-order chi connectivity index (χ1) is 18.6. The second-order valence-electron chi connectivity index (χ2n) is 9.51. The minimum atomic E-state index is -4.67. The van der Waals surface area contributed by atoms with Crippen LogP contribution in [0, 0.1) is 0 Å². The van der Waals surface area contributed by atoms with E-state index in [0.29, 0.717) is 36.6 Å². The predicted molar refractivity (Wildman–Crippen MR) is 143 cm³/mol. The summed E-state index contributed by atoms with van der Waals surface area (Å²) in [6.07, 6.45) is -3.98. The highest BCUT2D eigenvalue weighted by atomic mass is 35.5. The number of carbonyl (C=O) groups is 2. The summed E-state index contributed by atoms with van der Waals surface area (Å²) in [5.74, 6) is 0.657. The van der Waals surface area contributed by atoms with Crippen LogP contribution in [0.2, 0.25) is 5.02 Å². The highest BCUT2D eigenvalue weighted by Gasteiger charge is 2.46. The molecule has 11 heteroatoms. The molecule has 0 radical (unpaired) electrons. The fraction of sp³-hybridized carbons (Fsp3) is 0.321. The van der Waals surface area contributed by atoms with E-state index in [2.05, 4.69) is 4.98 Å². The van der Waals surface area contributed by atoms with E-state index in [1.165, 1.54) is 12.1 Å². The highest BCUT2D eigenvalue weighted by Crippen LogP contribution is 2.41. The molecule has 0 bridgehead atoms. The van der Waals surface area contributed by atoms with Crippen LogP contribution in [0.4, 0.5) is 29.3 Å². The summed E-state index contributed by atoms with van der Waals surface area (Å²) in [4.78, 5) is 34.7. The second kappa shape index (κ2) is 10.4. The number of hydrogen-bond donors (Lipinski definition) is 0. The molecule has 0 aliphatic carbocycles. The Bertz CT molecular complexity index is 1420. The Labute approximate surface area is 228 Å². The number of rotatable bonds is 6. The van der Waals surface area contributed by atoms with Crippen molar-refractivity contribution >= 4 is 35.3 Å². The summed E-state index contributed by atoms with van der Waals surface area (Å²) in [6, 6.07) is 13.4. The van der Waals surface area contributed by atoms with E-state index in [4.69, 9.17) is 16.3 Å². The van der Waals surface area contributed by atoms with Crippen LogP contribution in [0.1, 0.15) is 29.9 Å². The van der Waals surface area contributed by atoms with Gasteiger partial charge in [-0.2, -0.15) is 13.2 Å². The molecule has 1 aromatic heterocycles. The number of pyridine rings is 1. The van der Waals surface area contributed by atoms with E-state index >= 15 is 0 Å². The van der Waals surface area contributed by atoms with Crippen molar-refractivity contribution in [3.05, 3.63) is 70.9 Å². The number of piperazine rings is 1. The summed E-state index contributed by atoms with van der Waals surface area (Å²) in [5, 5.41) is -0.0588. The van der Waals surface area contributed by atoms with E-state index in [9.17, 15) is 22.8 Å². The van der Waals surface area contributed by atoms with Crippen LogP contribution in [0.5, 0.6) is 5.75 Å². The molecule has 3 heterocycles. The Kier molecular flexibility index (Phi) is 7.15. The number of amides is 2. The molecule has 0 N–H and O–H groups in total. The maximum absolute atomic E-state index is 13.8. The van der Waals surface area contributed by atoms with Gasteiger partial charge in [0.25, 0.3) is 0 Å². The molecule has 0 saturated carbocycles. The first kappa shape index (κ1) is 26.8. The van der Waals surface area contributed by atoms with Crippen molar-refractivity contribution in [1.82, 2.24) is 9.88 Å². The molecular formula is C28H26ClF3N4O3. The van der Waals surface area contributed by atoms with Gasteiger partial charge in [0.2, 0.25) is 0 Å². The molecule has 0 spiro atoms. The van der Waals surface area contributed by atoms with Gasteiger partial charge < -0.3 is 14.5 Å². The van der Waals surface area contributed by atoms with E-state index in [-0.39, 0.29) is 41.6 Å². The van der Waals surface area contributed by atoms with Gasteiger partial charge in [0, 0.05) is 36.3 Å². The highest BCUT2D eigenvalue weighted by molar-refractivity contribution is 6.30. The lowest BCUT2D eigenvalue weighted by molar-refractivity contribution is -0.137. The molecule has 2 atom stereocenters. The molecule has 204 valence electrons. The number of ether oxygens (including phenoxy) is 1. The molecule has 0 unspecified atom stereocenters. The van der Waals surface area contributed by atoms with Crippen LogP contribution in [-0.2, 0) is 6.18 Å². The zero-order valence-electron chi connectivity index (χ0n) is 21.3. The van der Waals surface area contributed by atoms with Crippen LogP contribution < -0.4 is 14.5 Å². The number of alkyl halides is 3. The molecule has 2 fully saturated rings. The topological polar surface area (TPSA) is 66.0 Å². The number of halogens is 4. The normalized spacial score (nSPS) is 19.3. The Morgan fingerprint density at radius 1 is 1.05 bits per heavy atom. The average Bonchev–Trinajstić information content (AvgIpc) is 3.23. The minimum absolute atomic E-state index is 0.0588. The molecule has 5 rings (SSSR count). The zero-order chi connectivity index (χ0) is 27.9. The van der Waals surface area contributed by atoms with Crippen molar-refractivity contribution in [2.24, 2.45) is 0 Å². The summed E-state index contributed by atoms with van der Waals surface area (Å²) < 4.78 is 47.0. The quantitative estimate of drug-likeness (QED) is 0.339. The Morgan fingerprint density at radius 3 is 2.51 bits per heavy atom. The number of para-hydroxylation sites is 1.